The second kappa shape index (κ2) is 5.67. The summed E-state index contributed by atoms with van der Waals surface area (Å²) in [7, 11) is 0. The lowest BCUT2D eigenvalue weighted by Crippen LogP contribution is -2.39. The number of amides is 1. The summed E-state index contributed by atoms with van der Waals surface area (Å²) in [6.45, 7) is 7.43. The lowest BCUT2D eigenvalue weighted by molar-refractivity contribution is -0.141. The van der Waals surface area contributed by atoms with E-state index in [2.05, 4.69) is 5.32 Å². The highest BCUT2D eigenvalue weighted by Crippen LogP contribution is 2.15. The van der Waals surface area contributed by atoms with Gasteiger partial charge < -0.3 is 10.4 Å². The van der Waals surface area contributed by atoms with Gasteiger partial charge in [-0.05, 0) is 49.9 Å². The van der Waals surface area contributed by atoms with Crippen LogP contribution in [0.15, 0.2) is 12.1 Å². The number of benzene rings is 1. The smallest absolute Gasteiger partial charge is 0.325 e. The average Bonchev–Trinajstić information content (AvgIpc) is 2.25. The largest absolute Gasteiger partial charge is 0.480 e. The van der Waals surface area contributed by atoms with E-state index in [4.69, 9.17) is 5.11 Å². The van der Waals surface area contributed by atoms with Crippen LogP contribution in [0, 0.1) is 20.8 Å². The van der Waals surface area contributed by atoms with Gasteiger partial charge in [0.1, 0.15) is 6.04 Å². The highest BCUT2D eigenvalue weighted by atomic mass is 16.4. The normalized spacial score (nSPS) is 12.0. The molecule has 1 aromatic rings. The van der Waals surface area contributed by atoms with Crippen molar-refractivity contribution in [2.45, 2.75) is 40.2 Å². The summed E-state index contributed by atoms with van der Waals surface area (Å²) in [4.78, 5) is 22.3. The first-order valence-electron chi connectivity index (χ1n) is 5.90. The van der Waals surface area contributed by atoms with E-state index in [1.807, 2.05) is 32.9 Å². The van der Waals surface area contributed by atoms with Crippen molar-refractivity contribution in [3.05, 3.63) is 34.4 Å². The number of carbonyl (C=O) groups excluding carboxylic acids is 1. The average molecular weight is 249 g/mol. The number of carboxylic acid groups (broad SMARTS) is 1. The van der Waals surface area contributed by atoms with Gasteiger partial charge in [0.2, 0.25) is 5.91 Å². The van der Waals surface area contributed by atoms with Crippen molar-refractivity contribution < 1.29 is 14.7 Å². The van der Waals surface area contributed by atoms with Crippen LogP contribution in [0.25, 0.3) is 0 Å². The van der Waals surface area contributed by atoms with Crippen molar-refractivity contribution in [2.75, 3.05) is 0 Å². The summed E-state index contributed by atoms with van der Waals surface area (Å²) in [5.41, 5.74) is 4.31. The molecule has 2 N–H and O–H groups in total. The lowest BCUT2D eigenvalue weighted by Gasteiger charge is -2.12. The van der Waals surface area contributed by atoms with Gasteiger partial charge in [0.15, 0.2) is 0 Å². The van der Waals surface area contributed by atoms with Crippen molar-refractivity contribution in [1.29, 1.82) is 0 Å². The molecule has 4 heteroatoms. The van der Waals surface area contributed by atoms with Crippen molar-refractivity contribution in [3.8, 4) is 0 Å². The van der Waals surface area contributed by atoms with E-state index in [9.17, 15) is 9.59 Å². The highest BCUT2D eigenvalue weighted by Gasteiger charge is 2.15. The Morgan fingerprint density at radius 3 is 2.28 bits per heavy atom. The van der Waals surface area contributed by atoms with E-state index >= 15 is 0 Å². The number of rotatable bonds is 4. The Bertz CT molecular complexity index is 480. The maximum absolute atomic E-state index is 11.7. The molecule has 1 atom stereocenters. The first-order valence-corrected chi connectivity index (χ1v) is 5.90. The monoisotopic (exact) mass is 249 g/mol. The van der Waals surface area contributed by atoms with E-state index < -0.39 is 12.0 Å². The molecule has 98 valence electrons. The minimum absolute atomic E-state index is 0.213. The van der Waals surface area contributed by atoms with Crippen LogP contribution >= 0.6 is 0 Å². The van der Waals surface area contributed by atoms with E-state index in [-0.39, 0.29) is 12.3 Å². The fraction of sp³-hybridized carbons (Fsp3) is 0.429. The van der Waals surface area contributed by atoms with Crippen LogP contribution in [-0.4, -0.2) is 23.0 Å². The molecule has 0 aliphatic carbocycles. The molecule has 0 aliphatic heterocycles. The molecule has 1 aromatic carbocycles. The molecule has 1 amide bonds. The zero-order valence-corrected chi connectivity index (χ0v) is 11.2. The summed E-state index contributed by atoms with van der Waals surface area (Å²) in [6, 6.07) is 3.16. The third kappa shape index (κ3) is 3.58. The minimum atomic E-state index is -1.03. The van der Waals surface area contributed by atoms with Crippen molar-refractivity contribution in [3.63, 3.8) is 0 Å². The zero-order chi connectivity index (χ0) is 13.9. The van der Waals surface area contributed by atoms with Crippen LogP contribution in [-0.2, 0) is 16.0 Å². The summed E-state index contributed by atoms with van der Waals surface area (Å²) >= 11 is 0. The predicted molar refractivity (Wildman–Crippen MR) is 69.6 cm³/mol. The first-order chi connectivity index (χ1) is 8.31. The Hall–Kier alpha value is -1.84. The minimum Gasteiger partial charge on any atom is -0.480 e. The summed E-state index contributed by atoms with van der Waals surface area (Å²) in [6.07, 6.45) is 0.213. The highest BCUT2D eigenvalue weighted by molar-refractivity contribution is 5.84. The van der Waals surface area contributed by atoms with E-state index in [0.29, 0.717) is 0 Å². The van der Waals surface area contributed by atoms with Gasteiger partial charge in [0.05, 0.1) is 6.42 Å². The van der Waals surface area contributed by atoms with Crippen LogP contribution in [0.4, 0.5) is 0 Å². The molecule has 4 nitrogen and oxygen atoms in total. The summed E-state index contributed by atoms with van der Waals surface area (Å²) in [5.74, 6) is -1.29. The van der Waals surface area contributed by atoms with Gasteiger partial charge >= 0.3 is 5.97 Å². The molecule has 0 heterocycles. The molecule has 0 radical (unpaired) electrons. The Balaban J connectivity index is 2.76. The third-order valence-electron chi connectivity index (χ3n) is 3.05. The molecule has 0 aromatic heterocycles. The maximum atomic E-state index is 11.7. The van der Waals surface area contributed by atoms with Gasteiger partial charge in [-0.15, -0.1) is 0 Å². The van der Waals surface area contributed by atoms with Gasteiger partial charge in [0.25, 0.3) is 0 Å². The molecule has 1 unspecified atom stereocenters. The quantitative estimate of drug-likeness (QED) is 0.854. The number of hydrogen-bond acceptors (Lipinski definition) is 2. The fourth-order valence-electron chi connectivity index (χ4n) is 1.74. The second-order valence-corrected chi connectivity index (χ2v) is 4.67. The van der Waals surface area contributed by atoms with Crippen LogP contribution in [0.2, 0.25) is 0 Å². The number of hydrogen-bond donors (Lipinski definition) is 2. The van der Waals surface area contributed by atoms with Gasteiger partial charge in [-0.3, -0.25) is 9.59 Å². The SMILES string of the molecule is Cc1cc(C)c(CC(=O)NC(C)C(=O)O)cc1C. The van der Waals surface area contributed by atoms with Crippen LogP contribution in [0.3, 0.4) is 0 Å². The Kier molecular flexibility index (Phi) is 4.48. The Morgan fingerprint density at radius 2 is 1.72 bits per heavy atom. The molecular weight excluding hydrogens is 230 g/mol. The van der Waals surface area contributed by atoms with Gasteiger partial charge in [0, 0.05) is 0 Å². The number of carboxylic acids is 1. The molecule has 1 rings (SSSR count). The Labute approximate surface area is 107 Å². The van der Waals surface area contributed by atoms with Gasteiger partial charge in [-0.25, -0.2) is 0 Å². The van der Waals surface area contributed by atoms with Gasteiger partial charge in [-0.2, -0.15) is 0 Å². The topological polar surface area (TPSA) is 66.4 Å². The van der Waals surface area contributed by atoms with Crippen molar-refractivity contribution in [1.82, 2.24) is 5.32 Å². The maximum Gasteiger partial charge on any atom is 0.325 e. The first kappa shape index (κ1) is 14.2. The van der Waals surface area contributed by atoms with Crippen LogP contribution < -0.4 is 5.32 Å². The van der Waals surface area contributed by atoms with Crippen LogP contribution in [0.5, 0.6) is 0 Å². The van der Waals surface area contributed by atoms with E-state index in [0.717, 1.165) is 16.7 Å². The number of nitrogens with one attached hydrogen (secondary N) is 1. The van der Waals surface area contributed by atoms with E-state index in [1.54, 1.807) is 0 Å². The van der Waals surface area contributed by atoms with E-state index in [1.165, 1.54) is 12.5 Å². The molecule has 0 saturated heterocycles. The van der Waals surface area contributed by atoms with Gasteiger partial charge in [-0.1, -0.05) is 12.1 Å². The molecule has 18 heavy (non-hydrogen) atoms. The molecule has 0 spiro atoms. The lowest BCUT2D eigenvalue weighted by atomic mass is 9.98. The summed E-state index contributed by atoms with van der Waals surface area (Å²) < 4.78 is 0. The fourth-order valence-corrected chi connectivity index (χ4v) is 1.74. The molecule has 0 aliphatic rings. The van der Waals surface area contributed by atoms with Crippen LogP contribution in [0.1, 0.15) is 29.2 Å². The molecule has 0 fully saturated rings. The standard InChI is InChI=1S/C14H19NO3/c1-8-5-10(3)12(6-9(8)2)7-13(16)15-11(4)14(17)18/h5-6,11H,7H2,1-4H3,(H,15,16)(H,17,18). The zero-order valence-electron chi connectivity index (χ0n) is 11.2. The number of carbonyl (C=O) groups is 2. The number of aliphatic carboxylic acids is 1. The second-order valence-electron chi connectivity index (χ2n) is 4.67. The molecular formula is C14H19NO3. The Morgan fingerprint density at radius 1 is 1.17 bits per heavy atom. The number of aryl methyl sites for hydroxylation is 3. The molecule has 0 bridgehead atoms. The molecule has 0 saturated carbocycles. The predicted octanol–water partition coefficient (Wildman–Crippen LogP) is 1.74. The third-order valence-corrected chi connectivity index (χ3v) is 3.05. The van der Waals surface area contributed by atoms with Crippen molar-refractivity contribution in [2.24, 2.45) is 0 Å². The summed E-state index contributed by atoms with van der Waals surface area (Å²) in [5, 5.41) is 11.2. The van der Waals surface area contributed by atoms with Crippen molar-refractivity contribution >= 4 is 11.9 Å².